The maximum Gasteiger partial charge on any atom is 0.489 e. The van der Waals surface area contributed by atoms with Crippen LogP contribution < -0.4 is 4.89 Å². The Morgan fingerprint density at radius 3 is 2.20 bits per heavy atom. The molecular weight excluding hydrogens is 211 g/mol. The summed E-state index contributed by atoms with van der Waals surface area (Å²) in [6, 6.07) is 9.46. The maximum atomic E-state index is 10.7. The van der Waals surface area contributed by atoms with Crippen LogP contribution in [0.25, 0.3) is 0 Å². The fraction of sp³-hybridized carbons (Fsp3) is 0.455. The first-order valence-electron chi connectivity index (χ1n) is 5.03. The van der Waals surface area contributed by atoms with Crippen molar-refractivity contribution < 1.29 is 14.0 Å². The minimum atomic E-state index is -2.82. The monoisotopic (exact) mass is 226 g/mol. The van der Waals surface area contributed by atoms with Gasteiger partial charge in [0, 0.05) is 0 Å². The van der Waals surface area contributed by atoms with Crippen LogP contribution in [0.4, 0.5) is 0 Å². The van der Waals surface area contributed by atoms with Crippen molar-refractivity contribution in [2.75, 3.05) is 0 Å². The molecule has 1 aromatic rings. The second-order valence-electron chi connectivity index (χ2n) is 3.38. The summed E-state index contributed by atoms with van der Waals surface area (Å²) in [7, 11) is -2.82. The van der Waals surface area contributed by atoms with E-state index in [-0.39, 0.29) is 0 Å². The summed E-state index contributed by atoms with van der Waals surface area (Å²) in [5.41, 5.74) is 0.213. The van der Waals surface area contributed by atoms with Crippen LogP contribution in [0.1, 0.15) is 32.3 Å². The molecule has 0 saturated carbocycles. The molecule has 0 spiro atoms. The molecule has 0 bridgehead atoms. The van der Waals surface area contributed by atoms with Gasteiger partial charge in [0.15, 0.2) is 0 Å². The molecule has 0 radical (unpaired) electrons. The molecule has 4 heteroatoms. The highest BCUT2D eigenvalue weighted by Crippen LogP contribution is 2.38. The molecule has 0 N–H and O–H groups in total. The summed E-state index contributed by atoms with van der Waals surface area (Å²) in [6.45, 7) is 3.85. The normalized spacial score (nSPS) is 12.6. The first-order chi connectivity index (χ1) is 7.14. The maximum absolute atomic E-state index is 10.7. The van der Waals surface area contributed by atoms with Crippen molar-refractivity contribution >= 4 is 8.25 Å². The third kappa shape index (κ3) is 2.85. The first kappa shape index (κ1) is 12.3. The summed E-state index contributed by atoms with van der Waals surface area (Å²) in [4.78, 5) is 10.7. The number of rotatable bonds is 5. The summed E-state index contributed by atoms with van der Waals surface area (Å²) < 4.78 is 15.8. The molecule has 82 valence electrons. The highest BCUT2D eigenvalue weighted by atomic mass is 31.1. The van der Waals surface area contributed by atoms with Gasteiger partial charge in [0.25, 0.3) is 0 Å². The Bertz CT molecular complexity index is 320. The average molecular weight is 226 g/mol. The highest BCUT2D eigenvalue weighted by molar-refractivity contribution is 7.30. The van der Waals surface area contributed by atoms with E-state index in [2.05, 4.69) is 0 Å². The number of hydrogen-bond donors (Lipinski definition) is 0. The van der Waals surface area contributed by atoms with Crippen LogP contribution in [0.2, 0.25) is 0 Å². The zero-order chi connectivity index (χ0) is 11.3. The molecule has 1 atom stereocenters. The number of hydrogen-bond acceptors (Lipinski definition) is 3. The lowest BCUT2D eigenvalue weighted by molar-refractivity contribution is -0.197. The molecule has 0 aliphatic heterocycles. The average Bonchev–Trinajstić information content (AvgIpc) is 2.27. The molecule has 0 aliphatic carbocycles. The van der Waals surface area contributed by atoms with Gasteiger partial charge in [0.1, 0.15) is 5.60 Å². The molecule has 0 amide bonds. The van der Waals surface area contributed by atoms with E-state index in [1.54, 1.807) is 0 Å². The predicted octanol–water partition coefficient (Wildman–Crippen LogP) is 2.74. The Balaban J connectivity index is 3.05. The summed E-state index contributed by atoms with van der Waals surface area (Å²) in [5, 5.41) is 0. The van der Waals surface area contributed by atoms with Gasteiger partial charge in [-0.25, -0.2) is 0 Å². The standard InChI is InChI=1S/C11H15O3P/c1-3-11(4-2,14-15(12)13)10-8-6-5-7-9-10/h5-9H,3-4H2,1-2H3. The van der Waals surface area contributed by atoms with Crippen LogP contribution in [0.3, 0.4) is 0 Å². The molecule has 0 aromatic heterocycles. The topological polar surface area (TPSA) is 49.4 Å². The Morgan fingerprint density at radius 2 is 1.80 bits per heavy atom. The largest absolute Gasteiger partial charge is 0.566 e. The zero-order valence-electron chi connectivity index (χ0n) is 8.97. The fourth-order valence-corrected chi connectivity index (χ4v) is 2.37. The highest BCUT2D eigenvalue weighted by Gasteiger charge is 2.35. The van der Waals surface area contributed by atoms with E-state index in [4.69, 9.17) is 4.52 Å². The van der Waals surface area contributed by atoms with Crippen LogP contribution in [0.15, 0.2) is 30.3 Å². The van der Waals surface area contributed by atoms with Crippen LogP contribution in [-0.2, 0) is 14.7 Å². The van der Waals surface area contributed by atoms with Gasteiger partial charge in [0.05, 0.1) is 0 Å². The van der Waals surface area contributed by atoms with Crippen molar-refractivity contribution in [3.8, 4) is 0 Å². The smallest absolute Gasteiger partial charge is 0.489 e. The van der Waals surface area contributed by atoms with E-state index in [1.807, 2.05) is 44.2 Å². The Kier molecular flexibility index (Phi) is 4.40. The van der Waals surface area contributed by atoms with Crippen molar-refractivity contribution in [2.45, 2.75) is 32.3 Å². The predicted molar refractivity (Wildman–Crippen MR) is 57.4 cm³/mol. The van der Waals surface area contributed by atoms with Gasteiger partial charge in [-0.15, -0.1) is 4.52 Å². The van der Waals surface area contributed by atoms with E-state index < -0.39 is 13.9 Å². The lowest BCUT2D eigenvalue weighted by Gasteiger charge is -2.26. The van der Waals surface area contributed by atoms with E-state index >= 15 is 0 Å². The van der Waals surface area contributed by atoms with Crippen molar-refractivity contribution in [3.05, 3.63) is 35.9 Å². The van der Waals surface area contributed by atoms with Gasteiger partial charge in [-0.1, -0.05) is 44.2 Å². The van der Waals surface area contributed by atoms with Crippen molar-refractivity contribution in [2.24, 2.45) is 0 Å². The molecule has 0 fully saturated rings. The molecule has 15 heavy (non-hydrogen) atoms. The van der Waals surface area contributed by atoms with E-state index in [0.29, 0.717) is 12.8 Å². The van der Waals surface area contributed by atoms with Crippen LogP contribution in [-0.4, -0.2) is 0 Å². The quantitative estimate of drug-likeness (QED) is 0.725. The second-order valence-corrected chi connectivity index (χ2v) is 4.01. The SMILES string of the molecule is CCC(CC)(O[P+](=O)[O-])c1ccccc1. The minimum Gasteiger partial charge on any atom is -0.566 e. The summed E-state index contributed by atoms with van der Waals surface area (Å²) in [6.07, 6.45) is 1.27. The Morgan fingerprint density at radius 1 is 1.27 bits per heavy atom. The third-order valence-corrected chi connectivity index (χ3v) is 3.19. The van der Waals surface area contributed by atoms with Gasteiger partial charge in [0.2, 0.25) is 0 Å². The van der Waals surface area contributed by atoms with Crippen LogP contribution in [0, 0.1) is 0 Å². The molecule has 0 saturated heterocycles. The van der Waals surface area contributed by atoms with Crippen LogP contribution in [0.5, 0.6) is 0 Å². The van der Waals surface area contributed by atoms with Crippen molar-refractivity contribution in [1.82, 2.24) is 0 Å². The molecule has 1 aromatic carbocycles. The van der Waals surface area contributed by atoms with Gasteiger partial charge in [-0.05, 0) is 23.0 Å². The van der Waals surface area contributed by atoms with E-state index in [1.165, 1.54) is 0 Å². The Hall–Kier alpha value is -0.760. The number of benzene rings is 1. The molecular formula is C11H15O3P. The Labute approximate surface area is 91.0 Å². The molecule has 1 unspecified atom stereocenters. The fourth-order valence-electron chi connectivity index (χ4n) is 1.72. The summed E-state index contributed by atoms with van der Waals surface area (Å²) in [5.74, 6) is 0. The zero-order valence-corrected chi connectivity index (χ0v) is 9.87. The van der Waals surface area contributed by atoms with Gasteiger partial charge in [-0.3, -0.25) is 0 Å². The van der Waals surface area contributed by atoms with Gasteiger partial charge in [-0.2, -0.15) is 0 Å². The van der Waals surface area contributed by atoms with Crippen molar-refractivity contribution in [1.29, 1.82) is 0 Å². The molecule has 0 heterocycles. The van der Waals surface area contributed by atoms with E-state index in [9.17, 15) is 9.46 Å². The van der Waals surface area contributed by atoms with Crippen molar-refractivity contribution in [3.63, 3.8) is 0 Å². The molecule has 0 aliphatic rings. The lowest BCUT2D eigenvalue weighted by Crippen LogP contribution is -2.26. The molecule has 3 nitrogen and oxygen atoms in total. The molecule has 1 rings (SSSR count). The third-order valence-electron chi connectivity index (χ3n) is 2.69. The lowest BCUT2D eigenvalue weighted by atomic mass is 9.89. The van der Waals surface area contributed by atoms with Gasteiger partial charge < -0.3 is 4.89 Å². The van der Waals surface area contributed by atoms with Gasteiger partial charge >= 0.3 is 8.25 Å². The van der Waals surface area contributed by atoms with Crippen LogP contribution >= 0.6 is 8.25 Å². The summed E-state index contributed by atoms with van der Waals surface area (Å²) >= 11 is 0. The van der Waals surface area contributed by atoms with E-state index in [0.717, 1.165) is 5.56 Å². The second kappa shape index (κ2) is 5.36. The minimum absolute atomic E-state index is 0.636. The first-order valence-corrected chi connectivity index (χ1v) is 6.13.